The van der Waals surface area contributed by atoms with Crippen molar-refractivity contribution in [2.75, 3.05) is 0 Å². The average Bonchev–Trinajstić information content (AvgIpc) is 2.30. The van der Waals surface area contributed by atoms with E-state index in [1.54, 1.807) is 11.3 Å². The van der Waals surface area contributed by atoms with Gasteiger partial charge in [0.05, 0.1) is 10.6 Å². The van der Waals surface area contributed by atoms with Gasteiger partial charge in [-0.15, -0.1) is 11.3 Å². The van der Waals surface area contributed by atoms with E-state index in [0.29, 0.717) is 12.3 Å². The largest absolute Gasteiger partial charge is 0.390 e. The normalized spacial score (nSPS) is 15.9. The molecule has 2 nitrogen and oxygen atoms in total. The zero-order valence-corrected chi connectivity index (χ0v) is 10.2. The molecule has 0 aliphatic rings. The van der Waals surface area contributed by atoms with E-state index in [9.17, 15) is 5.11 Å². The molecule has 1 rings (SSSR count). The Balaban J connectivity index is 2.58. The molecule has 0 aromatic carbocycles. The van der Waals surface area contributed by atoms with E-state index < -0.39 is 5.60 Å². The first-order chi connectivity index (χ1) is 6.39. The Morgan fingerprint density at radius 2 is 2.21 bits per heavy atom. The highest BCUT2D eigenvalue weighted by molar-refractivity contribution is 7.09. The van der Waals surface area contributed by atoms with Gasteiger partial charge >= 0.3 is 0 Å². The van der Waals surface area contributed by atoms with Crippen LogP contribution in [-0.4, -0.2) is 15.7 Å². The second kappa shape index (κ2) is 4.41. The molecular formula is C11H19NOS. The van der Waals surface area contributed by atoms with Crippen molar-refractivity contribution >= 4 is 11.3 Å². The number of hydrogen-bond donors (Lipinski definition) is 1. The Kier molecular flexibility index (Phi) is 3.67. The summed E-state index contributed by atoms with van der Waals surface area (Å²) in [6.45, 7) is 8.13. The molecule has 0 fully saturated rings. The van der Waals surface area contributed by atoms with Crippen LogP contribution in [-0.2, 0) is 6.42 Å². The Hall–Kier alpha value is -0.410. The molecule has 1 aromatic rings. The summed E-state index contributed by atoms with van der Waals surface area (Å²) < 4.78 is 0. The van der Waals surface area contributed by atoms with Gasteiger partial charge in [-0.2, -0.15) is 0 Å². The molecule has 0 aliphatic heterocycles. The van der Waals surface area contributed by atoms with E-state index in [4.69, 9.17) is 0 Å². The lowest BCUT2D eigenvalue weighted by Crippen LogP contribution is -2.29. The molecule has 1 N–H and O–H groups in total. The van der Waals surface area contributed by atoms with Crippen molar-refractivity contribution < 1.29 is 5.11 Å². The van der Waals surface area contributed by atoms with Gasteiger partial charge < -0.3 is 5.11 Å². The van der Waals surface area contributed by atoms with Gasteiger partial charge in [0, 0.05) is 17.5 Å². The van der Waals surface area contributed by atoms with Crippen LogP contribution in [0.3, 0.4) is 0 Å². The predicted octanol–water partition coefficient (Wildman–Crippen LogP) is 2.79. The van der Waals surface area contributed by atoms with Gasteiger partial charge in [-0.3, -0.25) is 0 Å². The van der Waals surface area contributed by atoms with Crippen molar-refractivity contribution in [2.45, 2.75) is 46.1 Å². The first kappa shape index (κ1) is 11.7. The molecule has 1 heterocycles. The molecule has 80 valence electrons. The van der Waals surface area contributed by atoms with E-state index in [1.165, 1.54) is 0 Å². The van der Waals surface area contributed by atoms with Crippen LogP contribution in [0.25, 0.3) is 0 Å². The maximum atomic E-state index is 10.1. The Labute approximate surface area is 90.0 Å². The molecule has 0 bridgehead atoms. The quantitative estimate of drug-likeness (QED) is 0.834. The van der Waals surface area contributed by atoms with Crippen molar-refractivity contribution in [3.8, 4) is 0 Å². The van der Waals surface area contributed by atoms with Gasteiger partial charge in [-0.25, -0.2) is 4.98 Å². The average molecular weight is 213 g/mol. The van der Waals surface area contributed by atoms with Crippen LogP contribution in [0, 0.1) is 12.8 Å². The third-order valence-corrected chi connectivity index (χ3v) is 3.01. The summed E-state index contributed by atoms with van der Waals surface area (Å²) in [6.07, 6.45) is 1.50. The standard InChI is InChI=1S/C11H19NOS/c1-8(2)5-11(4,13)6-10-12-9(3)7-14-10/h7-8,13H,5-6H2,1-4H3. The zero-order chi connectivity index (χ0) is 10.8. The summed E-state index contributed by atoms with van der Waals surface area (Å²) in [5, 5.41) is 13.2. The van der Waals surface area contributed by atoms with Crippen LogP contribution in [0.15, 0.2) is 5.38 Å². The minimum atomic E-state index is -0.613. The molecule has 0 amide bonds. The molecule has 14 heavy (non-hydrogen) atoms. The fourth-order valence-electron chi connectivity index (χ4n) is 1.76. The predicted molar refractivity (Wildman–Crippen MR) is 60.6 cm³/mol. The number of aliphatic hydroxyl groups is 1. The van der Waals surface area contributed by atoms with Crippen LogP contribution < -0.4 is 0 Å². The smallest absolute Gasteiger partial charge is 0.0956 e. The van der Waals surface area contributed by atoms with E-state index in [-0.39, 0.29) is 0 Å². The minimum Gasteiger partial charge on any atom is -0.390 e. The number of hydrogen-bond acceptors (Lipinski definition) is 3. The highest BCUT2D eigenvalue weighted by Gasteiger charge is 2.23. The van der Waals surface area contributed by atoms with Gasteiger partial charge in [0.25, 0.3) is 0 Å². The lowest BCUT2D eigenvalue weighted by atomic mass is 9.92. The Morgan fingerprint density at radius 3 is 2.64 bits per heavy atom. The number of thiazole rings is 1. The fraction of sp³-hybridized carbons (Fsp3) is 0.727. The molecule has 1 unspecified atom stereocenters. The summed E-state index contributed by atoms with van der Waals surface area (Å²) in [7, 11) is 0. The number of aromatic nitrogens is 1. The number of nitrogens with zero attached hydrogens (tertiary/aromatic N) is 1. The molecule has 0 spiro atoms. The van der Waals surface area contributed by atoms with Crippen LogP contribution in [0.5, 0.6) is 0 Å². The van der Waals surface area contributed by atoms with E-state index in [1.807, 2.05) is 19.2 Å². The van der Waals surface area contributed by atoms with Gasteiger partial charge in [0.1, 0.15) is 0 Å². The first-order valence-electron chi connectivity index (χ1n) is 5.02. The van der Waals surface area contributed by atoms with Crippen LogP contribution in [0.1, 0.15) is 37.9 Å². The van der Waals surface area contributed by atoms with Crippen molar-refractivity contribution in [1.29, 1.82) is 0 Å². The van der Waals surface area contributed by atoms with Crippen LogP contribution in [0.4, 0.5) is 0 Å². The zero-order valence-electron chi connectivity index (χ0n) is 9.37. The summed E-state index contributed by atoms with van der Waals surface area (Å²) >= 11 is 1.63. The van der Waals surface area contributed by atoms with Crippen molar-refractivity contribution in [1.82, 2.24) is 4.98 Å². The Morgan fingerprint density at radius 1 is 1.57 bits per heavy atom. The van der Waals surface area contributed by atoms with Gasteiger partial charge in [-0.1, -0.05) is 13.8 Å². The topological polar surface area (TPSA) is 33.1 Å². The van der Waals surface area contributed by atoms with Crippen molar-refractivity contribution in [2.24, 2.45) is 5.92 Å². The second-order valence-corrected chi connectivity index (χ2v) is 5.60. The van der Waals surface area contributed by atoms with Crippen molar-refractivity contribution in [3.63, 3.8) is 0 Å². The fourth-order valence-corrected chi connectivity index (χ4v) is 2.71. The molecule has 1 aromatic heterocycles. The van der Waals surface area contributed by atoms with E-state index in [0.717, 1.165) is 17.1 Å². The molecule has 1 atom stereocenters. The summed E-state index contributed by atoms with van der Waals surface area (Å²) in [5.74, 6) is 0.519. The highest BCUT2D eigenvalue weighted by Crippen LogP contribution is 2.23. The molecule has 0 saturated heterocycles. The summed E-state index contributed by atoms with van der Waals surface area (Å²) in [4.78, 5) is 4.36. The van der Waals surface area contributed by atoms with Gasteiger partial charge in [0.15, 0.2) is 0 Å². The highest BCUT2D eigenvalue weighted by atomic mass is 32.1. The third kappa shape index (κ3) is 3.76. The summed E-state index contributed by atoms with van der Waals surface area (Å²) in [6, 6.07) is 0. The molecule has 0 radical (unpaired) electrons. The SMILES string of the molecule is Cc1csc(CC(C)(O)CC(C)C)n1. The van der Waals surface area contributed by atoms with Gasteiger partial charge in [0.2, 0.25) is 0 Å². The van der Waals surface area contributed by atoms with E-state index in [2.05, 4.69) is 18.8 Å². The molecule has 0 aliphatic carbocycles. The maximum Gasteiger partial charge on any atom is 0.0956 e. The van der Waals surface area contributed by atoms with Crippen molar-refractivity contribution in [3.05, 3.63) is 16.1 Å². The second-order valence-electron chi connectivity index (χ2n) is 4.65. The maximum absolute atomic E-state index is 10.1. The minimum absolute atomic E-state index is 0.519. The molecular weight excluding hydrogens is 194 g/mol. The van der Waals surface area contributed by atoms with E-state index >= 15 is 0 Å². The number of rotatable bonds is 4. The molecule has 3 heteroatoms. The molecule has 0 saturated carbocycles. The van der Waals surface area contributed by atoms with Crippen LogP contribution in [0.2, 0.25) is 0 Å². The first-order valence-corrected chi connectivity index (χ1v) is 5.90. The number of aryl methyl sites for hydroxylation is 1. The third-order valence-electron chi connectivity index (χ3n) is 2.05. The van der Waals surface area contributed by atoms with Gasteiger partial charge in [-0.05, 0) is 26.2 Å². The monoisotopic (exact) mass is 213 g/mol. The lowest BCUT2D eigenvalue weighted by Gasteiger charge is -2.24. The van der Waals surface area contributed by atoms with Crippen LogP contribution >= 0.6 is 11.3 Å². The Bertz CT molecular complexity index is 291. The summed E-state index contributed by atoms with van der Waals surface area (Å²) in [5.41, 5.74) is 0.434. The lowest BCUT2D eigenvalue weighted by molar-refractivity contribution is 0.0388.